The molecule has 0 bridgehead atoms. The first-order valence-electron chi connectivity index (χ1n) is 5.16. The van der Waals surface area contributed by atoms with Gasteiger partial charge in [-0.3, -0.25) is 0 Å². The highest BCUT2D eigenvalue weighted by molar-refractivity contribution is 6.11. The zero-order chi connectivity index (χ0) is 11.4. The van der Waals surface area contributed by atoms with Gasteiger partial charge in [-0.25, -0.2) is 9.59 Å². The number of aliphatic hydroxyl groups is 1. The highest BCUT2D eigenvalue weighted by Gasteiger charge is 2.28. The Morgan fingerprint density at radius 3 is 2.40 bits per heavy atom. The predicted molar refractivity (Wildman–Crippen MR) is 53.9 cm³/mol. The van der Waals surface area contributed by atoms with Crippen LogP contribution in [0.3, 0.4) is 0 Å². The van der Waals surface area contributed by atoms with Crippen LogP contribution >= 0.6 is 0 Å². The van der Waals surface area contributed by atoms with Crippen LogP contribution in [-0.2, 0) is 14.3 Å². The third-order valence-corrected chi connectivity index (χ3v) is 2.49. The summed E-state index contributed by atoms with van der Waals surface area (Å²) >= 11 is 0. The Balaban J connectivity index is 2.38. The Morgan fingerprint density at radius 1 is 1.27 bits per heavy atom. The molecule has 4 heteroatoms. The first-order chi connectivity index (χ1) is 7.02. The highest BCUT2D eigenvalue weighted by Crippen LogP contribution is 2.22. The average molecular weight is 212 g/mol. The summed E-state index contributed by atoms with van der Waals surface area (Å²) in [5.74, 6) is -1.03. The van der Waals surface area contributed by atoms with Crippen molar-refractivity contribution in [3.63, 3.8) is 0 Å². The van der Waals surface area contributed by atoms with Crippen LogP contribution in [0.25, 0.3) is 0 Å². The lowest BCUT2D eigenvalue weighted by atomic mass is 10.0. The highest BCUT2D eigenvalue weighted by atomic mass is 16.6. The molecule has 1 heterocycles. The maximum absolute atomic E-state index is 11.2. The van der Waals surface area contributed by atoms with E-state index in [0.717, 1.165) is 19.3 Å². The van der Waals surface area contributed by atoms with Crippen LogP contribution < -0.4 is 0 Å². The van der Waals surface area contributed by atoms with Crippen LogP contribution in [0, 0.1) is 0 Å². The van der Waals surface area contributed by atoms with Crippen molar-refractivity contribution in [3.05, 3.63) is 11.1 Å². The molecular formula is C11H16O4. The third-order valence-electron chi connectivity index (χ3n) is 2.49. The number of cyclic esters (lactones) is 2. The minimum Gasteiger partial charge on any atom is -0.393 e. The summed E-state index contributed by atoms with van der Waals surface area (Å²) in [4.78, 5) is 22.2. The minimum atomic E-state index is -0.523. The van der Waals surface area contributed by atoms with E-state index in [1.54, 1.807) is 13.8 Å². The van der Waals surface area contributed by atoms with Gasteiger partial charge in [0.25, 0.3) is 0 Å². The quantitative estimate of drug-likeness (QED) is 0.424. The summed E-state index contributed by atoms with van der Waals surface area (Å²) in [5.41, 5.74) is 0.919. The molecule has 0 aromatic carbocycles. The maximum atomic E-state index is 11.2. The van der Waals surface area contributed by atoms with Gasteiger partial charge < -0.3 is 9.84 Å². The van der Waals surface area contributed by atoms with E-state index in [1.165, 1.54) is 0 Å². The topological polar surface area (TPSA) is 63.6 Å². The van der Waals surface area contributed by atoms with Crippen molar-refractivity contribution >= 4 is 11.9 Å². The molecular weight excluding hydrogens is 196 g/mol. The van der Waals surface area contributed by atoms with Gasteiger partial charge in [0.1, 0.15) is 0 Å². The lowest BCUT2D eigenvalue weighted by molar-refractivity contribution is -0.151. The second-order valence-electron chi connectivity index (χ2n) is 3.88. The molecule has 0 spiro atoms. The molecule has 0 amide bonds. The molecule has 1 atom stereocenters. The fourth-order valence-electron chi connectivity index (χ4n) is 1.53. The van der Waals surface area contributed by atoms with Gasteiger partial charge in [-0.05, 0) is 33.1 Å². The van der Waals surface area contributed by atoms with Gasteiger partial charge in [0.2, 0.25) is 0 Å². The molecule has 1 aliphatic heterocycles. The zero-order valence-electron chi connectivity index (χ0n) is 9.08. The molecule has 84 valence electrons. The fraction of sp³-hybridized carbons (Fsp3) is 0.636. The van der Waals surface area contributed by atoms with Crippen molar-refractivity contribution in [2.75, 3.05) is 0 Å². The normalized spacial score (nSPS) is 18.3. The van der Waals surface area contributed by atoms with E-state index >= 15 is 0 Å². The number of carbonyl (C=O) groups excluding carboxylic acids is 2. The third kappa shape index (κ3) is 3.16. The van der Waals surface area contributed by atoms with Crippen LogP contribution in [0.2, 0.25) is 0 Å². The molecule has 1 N–H and O–H groups in total. The summed E-state index contributed by atoms with van der Waals surface area (Å²) in [6.07, 6.45) is 2.60. The summed E-state index contributed by atoms with van der Waals surface area (Å²) < 4.78 is 4.46. The van der Waals surface area contributed by atoms with Crippen molar-refractivity contribution < 1.29 is 19.4 Å². The standard InChI is InChI=1S/C11H16O4/c1-7(12)5-3-4-6-9-8(2)10(13)15-11(9)14/h7,12H,3-6H2,1-2H3. The molecule has 1 rings (SSSR count). The van der Waals surface area contributed by atoms with E-state index in [0.29, 0.717) is 17.6 Å². The van der Waals surface area contributed by atoms with Crippen LogP contribution in [-0.4, -0.2) is 23.1 Å². The molecule has 0 radical (unpaired) electrons. The maximum Gasteiger partial charge on any atom is 0.342 e. The molecule has 0 saturated carbocycles. The van der Waals surface area contributed by atoms with Gasteiger partial charge in [0.15, 0.2) is 0 Å². The zero-order valence-corrected chi connectivity index (χ0v) is 9.08. The molecule has 1 unspecified atom stereocenters. The van der Waals surface area contributed by atoms with Gasteiger partial charge in [-0.2, -0.15) is 0 Å². The molecule has 15 heavy (non-hydrogen) atoms. The number of aliphatic hydroxyl groups excluding tert-OH is 1. The van der Waals surface area contributed by atoms with Gasteiger partial charge in [-0.15, -0.1) is 0 Å². The van der Waals surface area contributed by atoms with Crippen molar-refractivity contribution in [2.45, 2.75) is 45.6 Å². The smallest absolute Gasteiger partial charge is 0.342 e. The molecule has 0 fully saturated rings. The molecule has 4 nitrogen and oxygen atoms in total. The number of carbonyl (C=O) groups is 2. The number of hydrogen-bond acceptors (Lipinski definition) is 4. The van der Waals surface area contributed by atoms with Gasteiger partial charge >= 0.3 is 11.9 Å². The van der Waals surface area contributed by atoms with Crippen LogP contribution in [0.15, 0.2) is 11.1 Å². The van der Waals surface area contributed by atoms with E-state index in [9.17, 15) is 9.59 Å². The van der Waals surface area contributed by atoms with Crippen molar-refractivity contribution in [1.29, 1.82) is 0 Å². The Morgan fingerprint density at radius 2 is 1.93 bits per heavy atom. The van der Waals surface area contributed by atoms with Gasteiger partial charge in [0.05, 0.1) is 6.10 Å². The Bertz CT molecular complexity index is 302. The van der Waals surface area contributed by atoms with Crippen molar-refractivity contribution in [2.24, 2.45) is 0 Å². The molecule has 0 aromatic heterocycles. The Hall–Kier alpha value is -1.16. The van der Waals surface area contributed by atoms with Crippen LogP contribution in [0.5, 0.6) is 0 Å². The largest absolute Gasteiger partial charge is 0.393 e. The second kappa shape index (κ2) is 5.07. The van der Waals surface area contributed by atoms with E-state index in [-0.39, 0.29) is 6.10 Å². The summed E-state index contributed by atoms with van der Waals surface area (Å²) in [6, 6.07) is 0. The van der Waals surface area contributed by atoms with Crippen LogP contribution in [0.4, 0.5) is 0 Å². The minimum absolute atomic E-state index is 0.308. The average Bonchev–Trinajstić information content (AvgIpc) is 2.37. The monoisotopic (exact) mass is 212 g/mol. The number of esters is 2. The van der Waals surface area contributed by atoms with E-state index in [2.05, 4.69) is 4.74 Å². The Kier molecular flexibility index (Phi) is 4.03. The predicted octanol–water partition coefficient (Wildman–Crippen LogP) is 1.33. The first-order valence-corrected chi connectivity index (χ1v) is 5.16. The number of rotatable bonds is 5. The second-order valence-corrected chi connectivity index (χ2v) is 3.88. The van der Waals surface area contributed by atoms with Crippen molar-refractivity contribution in [3.8, 4) is 0 Å². The molecule has 0 saturated heterocycles. The lowest BCUT2D eigenvalue weighted by Crippen LogP contribution is -2.02. The van der Waals surface area contributed by atoms with Gasteiger partial charge in [0, 0.05) is 11.1 Å². The first kappa shape index (κ1) is 11.9. The fourth-order valence-corrected chi connectivity index (χ4v) is 1.53. The Labute approximate surface area is 88.9 Å². The van der Waals surface area contributed by atoms with Gasteiger partial charge in [-0.1, -0.05) is 6.42 Å². The van der Waals surface area contributed by atoms with E-state index < -0.39 is 11.9 Å². The van der Waals surface area contributed by atoms with Crippen LogP contribution in [0.1, 0.15) is 39.5 Å². The molecule has 0 aromatic rings. The number of hydrogen-bond donors (Lipinski definition) is 1. The molecule has 1 aliphatic rings. The van der Waals surface area contributed by atoms with Crippen molar-refractivity contribution in [1.82, 2.24) is 0 Å². The summed E-state index contributed by atoms with van der Waals surface area (Å²) in [5, 5.41) is 9.03. The number of ether oxygens (including phenoxy) is 1. The summed E-state index contributed by atoms with van der Waals surface area (Å²) in [7, 11) is 0. The number of unbranched alkanes of at least 4 members (excludes halogenated alkanes) is 1. The van der Waals surface area contributed by atoms with E-state index in [1.807, 2.05) is 0 Å². The lowest BCUT2D eigenvalue weighted by Gasteiger charge is -2.03. The summed E-state index contributed by atoms with van der Waals surface area (Å²) in [6.45, 7) is 3.34. The molecule has 0 aliphatic carbocycles. The SMILES string of the molecule is CC1=C(CCCCC(C)O)C(=O)OC1=O. The van der Waals surface area contributed by atoms with E-state index in [4.69, 9.17) is 5.11 Å².